The molecule has 0 amide bonds. The third-order valence-electron chi connectivity index (χ3n) is 7.53. The Labute approximate surface area is 274 Å². The minimum atomic E-state index is 1.01. The second-order valence-corrected chi connectivity index (χ2v) is 16.5. The zero-order chi connectivity index (χ0) is 28.8. The van der Waals surface area contributed by atoms with Crippen molar-refractivity contribution in [1.82, 2.24) is 19.9 Å². The second kappa shape index (κ2) is 9.80. The number of fused-ring (bicyclic) bond motifs is 5. The van der Waals surface area contributed by atoms with E-state index in [1.807, 2.05) is 34.8 Å². The summed E-state index contributed by atoms with van der Waals surface area (Å²) < 4.78 is 2.55. The fourth-order valence-corrected chi connectivity index (χ4v) is 11.8. The lowest BCUT2D eigenvalue weighted by Gasteiger charge is -1.99. The molecule has 10 aromatic rings. The van der Waals surface area contributed by atoms with E-state index in [0.717, 1.165) is 50.5 Å². The van der Waals surface area contributed by atoms with Gasteiger partial charge in [-0.05, 0) is 57.9 Å². The van der Waals surface area contributed by atoms with Gasteiger partial charge in [-0.15, -0.1) is 22.7 Å². The predicted molar refractivity (Wildman–Crippen MR) is 194 cm³/mol. The molecular formula is C34H16N4S6. The molecule has 0 aliphatic carbocycles. The molecule has 0 aliphatic rings. The second-order valence-electron chi connectivity index (χ2n) is 10.4. The van der Waals surface area contributed by atoms with Crippen LogP contribution in [0, 0.1) is 0 Å². The maximum atomic E-state index is 4.98. The number of aromatic nitrogens is 4. The number of hydrogen-bond acceptors (Lipinski definition) is 10. The molecule has 0 unspecified atom stereocenters. The summed E-state index contributed by atoms with van der Waals surface area (Å²) in [7, 11) is 0. The first kappa shape index (κ1) is 25.4. The van der Waals surface area contributed by atoms with E-state index in [1.54, 1.807) is 45.3 Å². The van der Waals surface area contributed by atoms with Crippen LogP contribution in [0.4, 0.5) is 0 Å². The van der Waals surface area contributed by atoms with Gasteiger partial charge in [0.2, 0.25) is 0 Å². The third-order valence-corrected chi connectivity index (χ3v) is 14.2. The molecule has 0 atom stereocenters. The highest BCUT2D eigenvalue weighted by molar-refractivity contribution is 7.32. The number of thiazole rings is 4. The minimum absolute atomic E-state index is 1.01. The van der Waals surface area contributed by atoms with Gasteiger partial charge in [-0.25, -0.2) is 19.9 Å². The number of hydrogen-bond donors (Lipinski definition) is 0. The molecule has 6 heterocycles. The largest absolute Gasteiger partial charge is 0.223 e. The molecule has 6 aromatic heterocycles. The van der Waals surface area contributed by atoms with Crippen molar-refractivity contribution in [2.24, 2.45) is 0 Å². The minimum Gasteiger partial charge on any atom is -0.223 e. The van der Waals surface area contributed by atoms with Crippen LogP contribution in [0.5, 0.6) is 0 Å². The van der Waals surface area contributed by atoms with Gasteiger partial charge in [-0.1, -0.05) is 106 Å². The summed E-state index contributed by atoms with van der Waals surface area (Å²) in [6, 6.07) is 34.5. The monoisotopic (exact) mass is 672 g/mol. The number of thiophene rings is 2. The van der Waals surface area contributed by atoms with Crippen molar-refractivity contribution in [1.29, 1.82) is 0 Å². The molecule has 0 saturated heterocycles. The Hall–Kier alpha value is -3.90. The lowest BCUT2D eigenvalue weighted by molar-refractivity contribution is 1.49. The number of rotatable bonds is 4. The number of nitrogens with zero attached hydrogens (tertiary/aromatic N) is 4. The molecule has 44 heavy (non-hydrogen) atoms. The smallest absolute Gasteiger partial charge is 0.155 e. The first-order chi connectivity index (χ1) is 21.7. The van der Waals surface area contributed by atoms with Crippen LogP contribution in [0.25, 0.3) is 91.2 Å². The van der Waals surface area contributed by atoms with E-state index >= 15 is 0 Å². The Morgan fingerprint density at radius 2 is 0.727 bits per heavy atom. The molecule has 0 aliphatic heterocycles. The fraction of sp³-hybridized carbons (Fsp3) is 0. The molecule has 0 N–H and O–H groups in total. The molecule has 10 heteroatoms. The molecule has 208 valence electrons. The summed E-state index contributed by atoms with van der Waals surface area (Å²) in [6.07, 6.45) is 0. The van der Waals surface area contributed by atoms with Gasteiger partial charge < -0.3 is 0 Å². The SMILES string of the molecule is c1ccc(-c2nc3sc(-c4cc5cc6cc7sc(-c8nc9sc(-c%10ccccc%10)nc9s8)cc7cc6cc5s4)nc3s2)cc1. The van der Waals surface area contributed by atoms with E-state index in [2.05, 4.69) is 84.9 Å². The number of benzene rings is 4. The lowest BCUT2D eigenvalue weighted by atomic mass is 10.1. The average molecular weight is 673 g/mol. The molecule has 0 bridgehead atoms. The summed E-state index contributed by atoms with van der Waals surface area (Å²) in [4.78, 5) is 26.2. The van der Waals surface area contributed by atoms with E-state index < -0.39 is 0 Å². The van der Waals surface area contributed by atoms with Crippen LogP contribution < -0.4 is 0 Å². The Kier molecular flexibility index (Phi) is 5.66. The van der Waals surface area contributed by atoms with E-state index in [4.69, 9.17) is 19.9 Å². The summed E-state index contributed by atoms with van der Waals surface area (Å²) >= 11 is 10.3. The standard InChI is InChI=1S/C34H16N4S6/c1-3-7-17(8-4-1)27-35-31-33(41-27)37-29(43-31)25-15-21-11-19-14-24-22(12-20(19)13-23(21)39-25)16-26(40-24)30-38-34-32(44-30)36-28(42-34)18-9-5-2-6-10-18/h1-16H. The normalized spacial score (nSPS) is 12.1. The first-order valence-corrected chi connectivity index (χ1v) is 18.7. The van der Waals surface area contributed by atoms with Gasteiger partial charge in [0.1, 0.15) is 20.0 Å². The Balaban J connectivity index is 0.982. The Morgan fingerprint density at radius 3 is 1.16 bits per heavy atom. The highest BCUT2D eigenvalue weighted by Crippen LogP contribution is 2.44. The molecule has 10 rings (SSSR count). The van der Waals surface area contributed by atoms with Crippen molar-refractivity contribution in [3.63, 3.8) is 0 Å². The summed E-state index contributed by atoms with van der Waals surface area (Å²) in [5, 5.41) is 9.17. The zero-order valence-corrected chi connectivity index (χ0v) is 27.4. The average Bonchev–Trinajstić information content (AvgIpc) is 3.88. The van der Waals surface area contributed by atoms with E-state index in [0.29, 0.717) is 0 Å². The fourth-order valence-electron chi connectivity index (χ4n) is 5.44. The van der Waals surface area contributed by atoms with Crippen molar-refractivity contribution in [2.45, 2.75) is 0 Å². The van der Waals surface area contributed by atoms with Gasteiger partial charge in [0, 0.05) is 20.5 Å². The quantitative estimate of drug-likeness (QED) is 0.187. The van der Waals surface area contributed by atoms with Crippen LogP contribution in [0.3, 0.4) is 0 Å². The van der Waals surface area contributed by atoms with Gasteiger partial charge >= 0.3 is 0 Å². The van der Waals surface area contributed by atoms with Crippen LogP contribution in [-0.4, -0.2) is 19.9 Å². The zero-order valence-electron chi connectivity index (χ0n) is 22.5. The molecule has 4 nitrogen and oxygen atoms in total. The molecule has 0 spiro atoms. The van der Waals surface area contributed by atoms with Crippen molar-refractivity contribution in [3.8, 4) is 40.9 Å². The third kappa shape index (κ3) is 4.17. The van der Waals surface area contributed by atoms with Gasteiger partial charge in [-0.2, -0.15) is 0 Å². The van der Waals surface area contributed by atoms with E-state index in [1.165, 1.54) is 40.7 Å². The predicted octanol–water partition coefficient (Wildman–Crippen LogP) is 12.1. The molecule has 4 aromatic carbocycles. The van der Waals surface area contributed by atoms with E-state index in [9.17, 15) is 0 Å². The summed E-state index contributed by atoms with van der Waals surface area (Å²) in [5.41, 5.74) is 2.29. The topological polar surface area (TPSA) is 51.6 Å². The summed E-state index contributed by atoms with van der Waals surface area (Å²) in [6.45, 7) is 0. The lowest BCUT2D eigenvalue weighted by Crippen LogP contribution is -1.73. The van der Waals surface area contributed by atoms with Crippen molar-refractivity contribution in [2.75, 3.05) is 0 Å². The Morgan fingerprint density at radius 1 is 0.341 bits per heavy atom. The van der Waals surface area contributed by atoms with Crippen LogP contribution in [0.2, 0.25) is 0 Å². The molecular weight excluding hydrogens is 657 g/mol. The Bertz CT molecular complexity index is 2360. The molecule has 0 saturated carbocycles. The van der Waals surface area contributed by atoms with E-state index in [-0.39, 0.29) is 0 Å². The molecule has 0 radical (unpaired) electrons. The van der Waals surface area contributed by atoms with Crippen molar-refractivity contribution in [3.05, 3.63) is 97.1 Å². The maximum absolute atomic E-state index is 4.98. The van der Waals surface area contributed by atoms with Gasteiger partial charge in [0.25, 0.3) is 0 Å². The van der Waals surface area contributed by atoms with Gasteiger partial charge in [-0.3, -0.25) is 0 Å². The van der Waals surface area contributed by atoms with Crippen molar-refractivity contribution < 1.29 is 0 Å². The maximum Gasteiger partial charge on any atom is 0.155 e. The van der Waals surface area contributed by atoms with Crippen molar-refractivity contribution >= 4 is 118 Å². The highest BCUT2D eigenvalue weighted by atomic mass is 32.1. The van der Waals surface area contributed by atoms with Crippen LogP contribution >= 0.6 is 68.0 Å². The van der Waals surface area contributed by atoms with Gasteiger partial charge in [0.15, 0.2) is 19.3 Å². The first-order valence-electron chi connectivity index (χ1n) is 13.8. The van der Waals surface area contributed by atoms with Crippen LogP contribution in [0.15, 0.2) is 97.1 Å². The molecule has 0 fully saturated rings. The highest BCUT2D eigenvalue weighted by Gasteiger charge is 2.17. The van der Waals surface area contributed by atoms with Crippen LogP contribution in [0.1, 0.15) is 0 Å². The van der Waals surface area contributed by atoms with Crippen LogP contribution in [-0.2, 0) is 0 Å². The summed E-state index contributed by atoms with van der Waals surface area (Å²) in [5.74, 6) is 0. The van der Waals surface area contributed by atoms with Gasteiger partial charge in [0.05, 0.1) is 9.75 Å².